The van der Waals surface area contributed by atoms with Gasteiger partial charge in [-0.3, -0.25) is 0 Å². The van der Waals surface area contributed by atoms with Crippen LogP contribution in [-0.4, -0.2) is 6.26 Å². The molecule has 34 valence electrons. The van der Waals surface area contributed by atoms with E-state index in [4.69, 9.17) is 0 Å². The third kappa shape index (κ3) is 2.09. The first-order valence-corrected chi connectivity index (χ1v) is 2.89. The summed E-state index contributed by atoms with van der Waals surface area (Å²) in [4.78, 5) is 1.02. The standard InChI is InChI=1S/C5H8S/c1-4-5(2)6-3/h4H,1-2H2,3H3. The van der Waals surface area contributed by atoms with Crippen LogP contribution in [0, 0.1) is 0 Å². The molecule has 0 fully saturated rings. The Hall–Kier alpha value is -0.170. The minimum atomic E-state index is 1.02. The first kappa shape index (κ1) is 5.83. The van der Waals surface area contributed by atoms with Gasteiger partial charge in [0, 0.05) is 0 Å². The minimum Gasteiger partial charge on any atom is -0.130 e. The summed E-state index contributed by atoms with van der Waals surface area (Å²) in [5.74, 6) is 0. The molecule has 0 aliphatic rings. The fourth-order valence-corrected chi connectivity index (χ4v) is 0.250. The maximum absolute atomic E-state index is 3.64. The average Bonchev–Trinajstić information content (AvgIpc) is 1.65. The summed E-state index contributed by atoms with van der Waals surface area (Å²) < 4.78 is 0. The Balaban J connectivity index is 3.23. The molecule has 1 heteroatoms. The molecule has 0 radical (unpaired) electrons. The van der Waals surface area contributed by atoms with E-state index in [-0.39, 0.29) is 0 Å². The maximum Gasteiger partial charge on any atom is -0.000874 e. The Bertz CT molecular complexity index is 64.3. The van der Waals surface area contributed by atoms with Crippen molar-refractivity contribution >= 4 is 11.8 Å². The van der Waals surface area contributed by atoms with E-state index in [0.717, 1.165) is 4.91 Å². The van der Waals surface area contributed by atoms with E-state index in [1.165, 1.54) is 0 Å². The van der Waals surface area contributed by atoms with E-state index < -0.39 is 0 Å². The smallest absolute Gasteiger partial charge is 0.000874 e. The van der Waals surface area contributed by atoms with E-state index >= 15 is 0 Å². The number of hydrogen-bond acceptors (Lipinski definition) is 1. The molecule has 0 amide bonds. The van der Waals surface area contributed by atoms with Gasteiger partial charge in [-0.15, -0.1) is 11.8 Å². The quantitative estimate of drug-likeness (QED) is 0.478. The topological polar surface area (TPSA) is 0 Å². The van der Waals surface area contributed by atoms with Crippen molar-refractivity contribution in [3.63, 3.8) is 0 Å². The number of hydrogen-bond donors (Lipinski definition) is 0. The molecule has 0 aromatic rings. The fourth-order valence-electron chi connectivity index (χ4n) is 0.0833. The molecule has 0 unspecified atom stereocenters. The maximum atomic E-state index is 3.64. The van der Waals surface area contributed by atoms with E-state index in [1.807, 2.05) is 6.26 Å². The highest BCUT2D eigenvalue weighted by Crippen LogP contribution is 2.06. The summed E-state index contributed by atoms with van der Waals surface area (Å²) in [6.07, 6.45) is 3.72. The molecule has 0 N–H and O–H groups in total. The largest absolute Gasteiger partial charge is 0.130 e. The summed E-state index contributed by atoms with van der Waals surface area (Å²) in [6, 6.07) is 0. The van der Waals surface area contributed by atoms with Gasteiger partial charge >= 0.3 is 0 Å². The Kier molecular flexibility index (Phi) is 2.95. The van der Waals surface area contributed by atoms with Crippen LogP contribution in [0.25, 0.3) is 0 Å². The normalized spacial score (nSPS) is 7.50. The molecule has 0 aliphatic carbocycles. The van der Waals surface area contributed by atoms with Crippen LogP contribution in [0.1, 0.15) is 0 Å². The minimum absolute atomic E-state index is 1.02. The van der Waals surface area contributed by atoms with E-state index in [1.54, 1.807) is 17.8 Å². The van der Waals surface area contributed by atoms with E-state index in [9.17, 15) is 0 Å². The molecular formula is C5H8S. The molecule has 0 saturated carbocycles. The predicted molar refractivity (Wildman–Crippen MR) is 32.9 cm³/mol. The fraction of sp³-hybridized carbons (Fsp3) is 0.200. The molecular weight excluding hydrogens is 92.1 g/mol. The Morgan fingerprint density at radius 1 is 1.83 bits per heavy atom. The zero-order valence-corrected chi connectivity index (χ0v) is 4.72. The Morgan fingerprint density at radius 3 is 2.33 bits per heavy atom. The molecule has 0 saturated heterocycles. The van der Waals surface area contributed by atoms with Crippen molar-refractivity contribution in [2.45, 2.75) is 0 Å². The lowest BCUT2D eigenvalue weighted by Crippen LogP contribution is -1.54. The molecule has 0 bridgehead atoms. The van der Waals surface area contributed by atoms with E-state index in [2.05, 4.69) is 13.2 Å². The molecule has 0 nitrogen and oxygen atoms in total. The van der Waals surface area contributed by atoms with Gasteiger partial charge in [0.1, 0.15) is 0 Å². The molecule has 0 atom stereocenters. The second kappa shape index (κ2) is 3.04. The van der Waals surface area contributed by atoms with Crippen LogP contribution in [0.15, 0.2) is 24.1 Å². The molecule has 0 aromatic heterocycles. The van der Waals surface area contributed by atoms with Gasteiger partial charge in [-0.25, -0.2) is 0 Å². The predicted octanol–water partition coefficient (Wildman–Crippen LogP) is 2.05. The second-order valence-electron chi connectivity index (χ2n) is 0.875. The van der Waals surface area contributed by atoms with Crippen LogP contribution in [0.5, 0.6) is 0 Å². The Labute approximate surface area is 42.9 Å². The summed E-state index contributed by atoms with van der Waals surface area (Å²) in [5.41, 5.74) is 0. The summed E-state index contributed by atoms with van der Waals surface area (Å²) >= 11 is 1.61. The van der Waals surface area contributed by atoms with Gasteiger partial charge in [-0.2, -0.15) is 0 Å². The highest BCUT2D eigenvalue weighted by Gasteiger charge is 1.73. The zero-order chi connectivity index (χ0) is 4.99. The first-order chi connectivity index (χ1) is 2.81. The summed E-state index contributed by atoms with van der Waals surface area (Å²) in [5, 5.41) is 0. The third-order valence-electron chi connectivity index (χ3n) is 0.490. The average molecular weight is 100 g/mol. The Morgan fingerprint density at radius 2 is 2.33 bits per heavy atom. The molecule has 0 heterocycles. The molecule has 0 rings (SSSR count). The van der Waals surface area contributed by atoms with Gasteiger partial charge in [0.15, 0.2) is 0 Å². The summed E-state index contributed by atoms with van der Waals surface area (Å²) in [6.45, 7) is 7.15. The lowest BCUT2D eigenvalue weighted by Gasteiger charge is -1.83. The van der Waals surface area contributed by atoms with Crippen molar-refractivity contribution in [3.05, 3.63) is 24.1 Å². The monoisotopic (exact) mass is 100 g/mol. The number of rotatable bonds is 2. The molecule has 0 aliphatic heterocycles. The number of allylic oxidation sites excluding steroid dienone is 1. The van der Waals surface area contributed by atoms with Crippen LogP contribution >= 0.6 is 11.8 Å². The van der Waals surface area contributed by atoms with Crippen molar-refractivity contribution in [3.8, 4) is 0 Å². The van der Waals surface area contributed by atoms with Crippen molar-refractivity contribution in [2.24, 2.45) is 0 Å². The second-order valence-corrected chi connectivity index (χ2v) is 1.81. The van der Waals surface area contributed by atoms with Gasteiger partial charge in [0.2, 0.25) is 0 Å². The lowest BCUT2D eigenvalue weighted by molar-refractivity contribution is 2.05. The van der Waals surface area contributed by atoms with Crippen LogP contribution < -0.4 is 0 Å². The van der Waals surface area contributed by atoms with Gasteiger partial charge in [-0.05, 0) is 11.2 Å². The van der Waals surface area contributed by atoms with Crippen molar-refractivity contribution < 1.29 is 0 Å². The lowest BCUT2D eigenvalue weighted by atomic mass is 10.6. The molecule has 0 aromatic carbocycles. The number of thioether (sulfide) groups is 1. The first-order valence-electron chi connectivity index (χ1n) is 1.66. The van der Waals surface area contributed by atoms with Crippen molar-refractivity contribution in [2.75, 3.05) is 6.26 Å². The van der Waals surface area contributed by atoms with Crippen LogP contribution in [0.4, 0.5) is 0 Å². The highest BCUT2D eigenvalue weighted by molar-refractivity contribution is 8.02. The highest BCUT2D eigenvalue weighted by atomic mass is 32.2. The van der Waals surface area contributed by atoms with Crippen LogP contribution in [0.2, 0.25) is 0 Å². The van der Waals surface area contributed by atoms with Gasteiger partial charge in [-0.1, -0.05) is 19.2 Å². The van der Waals surface area contributed by atoms with Crippen molar-refractivity contribution in [1.29, 1.82) is 0 Å². The molecule has 6 heavy (non-hydrogen) atoms. The third-order valence-corrected chi connectivity index (χ3v) is 1.18. The SMILES string of the molecule is C=CC(=C)SC. The molecule has 0 spiro atoms. The van der Waals surface area contributed by atoms with Crippen molar-refractivity contribution in [1.82, 2.24) is 0 Å². The van der Waals surface area contributed by atoms with Gasteiger partial charge < -0.3 is 0 Å². The van der Waals surface area contributed by atoms with Gasteiger partial charge in [0.25, 0.3) is 0 Å². The van der Waals surface area contributed by atoms with E-state index in [0.29, 0.717) is 0 Å². The van der Waals surface area contributed by atoms with Crippen LogP contribution in [0.3, 0.4) is 0 Å². The summed E-state index contributed by atoms with van der Waals surface area (Å²) in [7, 11) is 0. The zero-order valence-electron chi connectivity index (χ0n) is 3.90. The van der Waals surface area contributed by atoms with Gasteiger partial charge in [0.05, 0.1) is 0 Å². The van der Waals surface area contributed by atoms with Crippen LogP contribution in [-0.2, 0) is 0 Å².